The van der Waals surface area contributed by atoms with Gasteiger partial charge in [0.25, 0.3) is 5.91 Å². The SMILES string of the molecule is Cc1c(NC(=O)c2cc(C#N)c[nH]2)c(N2CCCC2)nn1C. The molecule has 0 radical (unpaired) electrons. The molecule has 1 amide bonds. The highest BCUT2D eigenvalue weighted by molar-refractivity contribution is 6.05. The van der Waals surface area contributed by atoms with Gasteiger partial charge in [0.15, 0.2) is 5.82 Å². The number of nitrogens with zero attached hydrogens (tertiary/aromatic N) is 4. The maximum absolute atomic E-state index is 12.4. The van der Waals surface area contributed by atoms with Crippen LogP contribution in [0.2, 0.25) is 0 Å². The van der Waals surface area contributed by atoms with Crippen LogP contribution in [0.4, 0.5) is 11.5 Å². The quantitative estimate of drug-likeness (QED) is 0.904. The molecule has 0 spiro atoms. The fourth-order valence-electron chi connectivity index (χ4n) is 2.66. The van der Waals surface area contributed by atoms with Crippen molar-refractivity contribution < 1.29 is 4.79 Å². The first-order chi connectivity index (χ1) is 10.6. The molecule has 2 aromatic heterocycles. The molecule has 3 heterocycles. The summed E-state index contributed by atoms with van der Waals surface area (Å²) in [5.41, 5.74) is 2.45. The second-order valence-electron chi connectivity index (χ2n) is 5.47. The number of amides is 1. The van der Waals surface area contributed by atoms with Crippen molar-refractivity contribution in [1.29, 1.82) is 5.26 Å². The molecule has 22 heavy (non-hydrogen) atoms. The van der Waals surface area contributed by atoms with Crippen molar-refractivity contribution in [2.45, 2.75) is 19.8 Å². The van der Waals surface area contributed by atoms with E-state index >= 15 is 0 Å². The molecule has 2 N–H and O–H groups in total. The van der Waals surface area contributed by atoms with Crippen LogP contribution in [0.25, 0.3) is 0 Å². The molecule has 7 heteroatoms. The molecule has 1 aliphatic rings. The van der Waals surface area contributed by atoms with Gasteiger partial charge in [0.2, 0.25) is 0 Å². The molecule has 1 saturated heterocycles. The van der Waals surface area contributed by atoms with E-state index in [-0.39, 0.29) is 5.91 Å². The van der Waals surface area contributed by atoms with Crippen LogP contribution in [0.1, 0.15) is 34.6 Å². The van der Waals surface area contributed by atoms with E-state index in [4.69, 9.17) is 5.26 Å². The summed E-state index contributed by atoms with van der Waals surface area (Å²) >= 11 is 0. The molecular weight excluding hydrogens is 280 g/mol. The number of aromatic amines is 1. The van der Waals surface area contributed by atoms with Crippen LogP contribution in [-0.4, -0.2) is 33.8 Å². The highest BCUT2D eigenvalue weighted by Gasteiger charge is 2.23. The van der Waals surface area contributed by atoms with Crippen molar-refractivity contribution in [2.75, 3.05) is 23.3 Å². The van der Waals surface area contributed by atoms with Crippen LogP contribution < -0.4 is 10.2 Å². The second kappa shape index (κ2) is 5.56. The standard InChI is InChI=1S/C15H18N6O/c1-10-13(14(19-20(10)2)21-5-3-4-6-21)18-15(22)12-7-11(8-16)9-17-12/h7,9,17H,3-6H2,1-2H3,(H,18,22). The van der Waals surface area contributed by atoms with Gasteiger partial charge in [0, 0.05) is 26.3 Å². The van der Waals surface area contributed by atoms with E-state index in [0.29, 0.717) is 11.3 Å². The maximum atomic E-state index is 12.4. The molecule has 114 valence electrons. The topological polar surface area (TPSA) is 89.7 Å². The Morgan fingerprint density at radius 1 is 1.45 bits per heavy atom. The lowest BCUT2D eigenvalue weighted by Gasteiger charge is -2.16. The minimum absolute atomic E-state index is 0.266. The first kappa shape index (κ1) is 14.2. The highest BCUT2D eigenvalue weighted by atomic mass is 16.1. The summed E-state index contributed by atoms with van der Waals surface area (Å²) in [6, 6.07) is 3.54. The number of aryl methyl sites for hydroxylation is 1. The molecule has 0 atom stereocenters. The summed E-state index contributed by atoms with van der Waals surface area (Å²) in [4.78, 5) is 17.4. The van der Waals surface area contributed by atoms with Crippen LogP contribution in [0.15, 0.2) is 12.3 Å². The van der Waals surface area contributed by atoms with E-state index in [1.54, 1.807) is 4.68 Å². The average Bonchev–Trinajstić information content (AvgIpc) is 3.23. The number of carbonyl (C=O) groups excluding carboxylic acids is 1. The van der Waals surface area contributed by atoms with Crippen molar-refractivity contribution in [1.82, 2.24) is 14.8 Å². The Bertz CT molecular complexity index is 745. The van der Waals surface area contributed by atoms with Gasteiger partial charge >= 0.3 is 0 Å². The minimum Gasteiger partial charge on any atom is -0.356 e. The molecule has 0 unspecified atom stereocenters. The fraction of sp³-hybridized carbons (Fsp3) is 0.400. The lowest BCUT2D eigenvalue weighted by molar-refractivity contribution is 0.102. The monoisotopic (exact) mass is 298 g/mol. The third-order valence-corrected chi connectivity index (χ3v) is 4.02. The number of hydrogen-bond acceptors (Lipinski definition) is 4. The molecule has 7 nitrogen and oxygen atoms in total. The molecule has 1 aliphatic heterocycles. The van der Waals surface area contributed by atoms with Gasteiger partial charge in [-0.15, -0.1) is 0 Å². The summed E-state index contributed by atoms with van der Waals surface area (Å²) < 4.78 is 1.78. The van der Waals surface area contributed by atoms with Crippen LogP contribution in [-0.2, 0) is 7.05 Å². The second-order valence-corrected chi connectivity index (χ2v) is 5.47. The zero-order valence-electron chi connectivity index (χ0n) is 12.7. The van der Waals surface area contributed by atoms with Crippen molar-refractivity contribution in [3.8, 4) is 6.07 Å². The first-order valence-corrected chi connectivity index (χ1v) is 7.28. The van der Waals surface area contributed by atoms with Gasteiger partial charge in [0.05, 0.1) is 11.3 Å². The number of rotatable bonds is 3. The molecule has 0 aliphatic carbocycles. The van der Waals surface area contributed by atoms with Crippen LogP contribution >= 0.6 is 0 Å². The number of anilines is 2. The van der Waals surface area contributed by atoms with E-state index in [0.717, 1.165) is 43.1 Å². The van der Waals surface area contributed by atoms with Crippen molar-refractivity contribution in [3.05, 3.63) is 29.2 Å². The summed E-state index contributed by atoms with van der Waals surface area (Å²) in [5, 5.41) is 16.3. The molecule has 2 aromatic rings. The van der Waals surface area contributed by atoms with Gasteiger partial charge in [0.1, 0.15) is 17.5 Å². The number of carbonyl (C=O) groups is 1. The summed E-state index contributed by atoms with van der Waals surface area (Å²) in [6.07, 6.45) is 3.81. The van der Waals surface area contributed by atoms with Gasteiger partial charge in [-0.2, -0.15) is 10.4 Å². The van der Waals surface area contributed by atoms with Gasteiger partial charge in [-0.3, -0.25) is 9.48 Å². The number of nitrogens with one attached hydrogen (secondary N) is 2. The fourth-order valence-corrected chi connectivity index (χ4v) is 2.66. The largest absolute Gasteiger partial charge is 0.356 e. The number of aromatic nitrogens is 3. The Morgan fingerprint density at radius 2 is 2.18 bits per heavy atom. The zero-order valence-corrected chi connectivity index (χ0v) is 12.7. The Balaban J connectivity index is 1.88. The number of H-pyrrole nitrogens is 1. The van der Waals surface area contributed by atoms with Crippen LogP contribution in [0.5, 0.6) is 0 Å². The number of nitriles is 1. The lowest BCUT2D eigenvalue weighted by atomic mass is 10.3. The van der Waals surface area contributed by atoms with Gasteiger partial charge in [-0.05, 0) is 25.8 Å². The van der Waals surface area contributed by atoms with E-state index < -0.39 is 0 Å². The summed E-state index contributed by atoms with van der Waals surface area (Å²) in [5.74, 6) is 0.552. The zero-order chi connectivity index (χ0) is 15.7. The number of hydrogen-bond donors (Lipinski definition) is 2. The molecule has 1 fully saturated rings. The van der Waals surface area contributed by atoms with Crippen molar-refractivity contribution >= 4 is 17.4 Å². The first-order valence-electron chi connectivity index (χ1n) is 7.28. The minimum atomic E-state index is -0.266. The lowest BCUT2D eigenvalue weighted by Crippen LogP contribution is -2.21. The van der Waals surface area contributed by atoms with Gasteiger partial charge < -0.3 is 15.2 Å². The van der Waals surface area contributed by atoms with Crippen molar-refractivity contribution in [2.24, 2.45) is 7.05 Å². The Morgan fingerprint density at radius 3 is 2.82 bits per heavy atom. The summed E-state index contributed by atoms with van der Waals surface area (Å²) in [6.45, 7) is 3.85. The van der Waals surface area contributed by atoms with Crippen LogP contribution in [0, 0.1) is 18.3 Å². The Labute approximate surface area is 128 Å². The van der Waals surface area contributed by atoms with E-state index in [1.165, 1.54) is 12.3 Å². The van der Waals surface area contributed by atoms with E-state index in [2.05, 4.69) is 20.3 Å². The normalized spacial score (nSPS) is 14.1. The predicted octanol–water partition coefficient (Wildman–Crippen LogP) is 1.78. The van der Waals surface area contributed by atoms with Gasteiger partial charge in [-0.1, -0.05) is 0 Å². The molecule has 3 rings (SSSR count). The van der Waals surface area contributed by atoms with Gasteiger partial charge in [-0.25, -0.2) is 0 Å². The van der Waals surface area contributed by atoms with E-state index in [1.807, 2.05) is 20.0 Å². The van der Waals surface area contributed by atoms with Crippen molar-refractivity contribution in [3.63, 3.8) is 0 Å². The maximum Gasteiger partial charge on any atom is 0.272 e. The molecule has 0 aromatic carbocycles. The Hall–Kier alpha value is -2.75. The highest BCUT2D eigenvalue weighted by Crippen LogP contribution is 2.30. The third kappa shape index (κ3) is 2.44. The molecule has 0 saturated carbocycles. The summed E-state index contributed by atoms with van der Waals surface area (Å²) in [7, 11) is 1.87. The molecular formula is C15H18N6O. The molecule has 0 bridgehead atoms. The predicted molar refractivity (Wildman–Crippen MR) is 82.9 cm³/mol. The average molecular weight is 298 g/mol. The van der Waals surface area contributed by atoms with Crippen LogP contribution in [0.3, 0.4) is 0 Å². The van der Waals surface area contributed by atoms with E-state index in [9.17, 15) is 4.79 Å². The third-order valence-electron chi connectivity index (χ3n) is 4.02. The Kier molecular flexibility index (Phi) is 3.59. The smallest absolute Gasteiger partial charge is 0.272 e.